The van der Waals surface area contributed by atoms with E-state index in [1.54, 1.807) is 7.11 Å². The highest BCUT2D eigenvalue weighted by molar-refractivity contribution is 5.34. The largest absolute Gasteiger partial charge is 0.369 e. The van der Waals surface area contributed by atoms with Crippen LogP contribution in [0.25, 0.3) is 0 Å². The molecule has 0 heterocycles. The van der Waals surface area contributed by atoms with Gasteiger partial charge >= 0.3 is 0 Å². The van der Waals surface area contributed by atoms with E-state index in [9.17, 15) is 0 Å². The molecule has 0 aromatic heterocycles. The first-order valence-electron chi connectivity index (χ1n) is 6.62. The number of likely N-dealkylation sites (N-methyl/N-ethyl adjacent to an activating group) is 1. The first-order chi connectivity index (χ1) is 8.34. The van der Waals surface area contributed by atoms with Crippen LogP contribution in [0.3, 0.4) is 0 Å². The Kier molecular flexibility index (Phi) is 5.36. The lowest BCUT2D eigenvalue weighted by atomic mass is 9.85. The van der Waals surface area contributed by atoms with E-state index >= 15 is 0 Å². The van der Waals surface area contributed by atoms with E-state index < -0.39 is 0 Å². The van der Waals surface area contributed by atoms with Gasteiger partial charge in [0.15, 0.2) is 0 Å². The van der Waals surface area contributed by atoms with Crippen LogP contribution in [0.2, 0.25) is 0 Å². The molecule has 0 aliphatic heterocycles. The van der Waals surface area contributed by atoms with Gasteiger partial charge < -0.3 is 4.74 Å². The standard InChI is InChI=1S/C16H27NO/c1-13-7-8-15(16(2,3)4)11-14(13)9-10-17(5)12-18-6/h7-8,11H,9-10,12H2,1-6H3. The molecule has 0 spiro atoms. The second kappa shape index (κ2) is 6.35. The van der Waals surface area contributed by atoms with Gasteiger partial charge in [0.05, 0.1) is 6.73 Å². The van der Waals surface area contributed by atoms with Gasteiger partial charge in [0.2, 0.25) is 0 Å². The fraction of sp³-hybridized carbons (Fsp3) is 0.625. The third-order valence-electron chi connectivity index (χ3n) is 3.33. The van der Waals surface area contributed by atoms with Crippen LogP contribution in [0, 0.1) is 6.92 Å². The predicted molar refractivity (Wildman–Crippen MR) is 78.1 cm³/mol. The topological polar surface area (TPSA) is 12.5 Å². The predicted octanol–water partition coefficient (Wildman–Crippen LogP) is 3.37. The van der Waals surface area contributed by atoms with Crippen LogP contribution in [-0.2, 0) is 16.6 Å². The van der Waals surface area contributed by atoms with Crippen LogP contribution in [0.4, 0.5) is 0 Å². The lowest BCUT2D eigenvalue weighted by molar-refractivity contribution is 0.0827. The van der Waals surface area contributed by atoms with E-state index in [1.165, 1.54) is 16.7 Å². The molecule has 0 fully saturated rings. The van der Waals surface area contributed by atoms with E-state index in [0.29, 0.717) is 6.73 Å². The second-order valence-electron chi connectivity index (χ2n) is 6.14. The zero-order valence-corrected chi connectivity index (χ0v) is 12.7. The maximum atomic E-state index is 5.13. The Morgan fingerprint density at radius 2 is 1.89 bits per heavy atom. The van der Waals surface area contributed by atoms with Crippen molar-refractivity contribution in [2.45, 2.75) is 39.5 Å². The molecule has 2 nitrogen and oxygen atoms in total. The Bertz CT molecular complexity index is 379. The van der Waals surface area contributed by atoms with Crippen molar-refractivity contribution in [2.24, 2.45) is 0 Å². The van der Waals surface area contributed by atoms with Gasteiger partial charge in [0.25, 0.3) is 0 Å². The van der Waals surface area contributed by atoms with Crippen LogP contribution in [0.5, 0.6) is 0 Å². The highest BCUT2D eigenvalue weighted by atomic mass is 16.5. The van der Waals surface area contributed by atoms with Crippen molar-refractivity contribution in [3.63, 3.8) is 0 Å². The molecule has 0 amide bonds. The van der Waals surface area contributed by atoms with E-state index in [2.05, 4.69) is 57.8 Å². The zero-order valence-electron chi connectivity index (χ0n) is 12.7. The molecule has 0 N–H and O–H groups in total. The highest BCUT2D eigenvalue weighted by Crippen LogP contribution is 2.24. The summed E-state index contributed by atoms with van der Waals surface area (Å²) in [5, 5.41) is 0. The molecule has 0 radical (unpaired) electrons. The van der Waals surface area contributed by atoms with Gasteiger partial charge in [0, 0.05) is 13.7 Å². The number of methoxy groups -OCH3 is 1. The minimum atomic E-state index is 0.223. The molecular weight excluding hydrogens is 222 g/mol. The third kappa shape index (κ3) is 4.43. The SMILES string of the molecule is COCN(C)CCc1cc(C(C)(C)C)ccc1C. The van der Waals surface area contributed by atoms with Crippen molar-refractivity contribution in [1.82, 2.24) is 4.90 Å². The first kappa shape index (κ1) is 15.2. The Morgan fingerprint density at radius 1 is 1.22 bits per heavy atom. The third-order valence-corrected chi connectivity index (χ3v) is 3.33. The summed E-state index contributed by atoms with van der Waals surface area (Å²) in [6.07, 6.45) is 1.08. The van der Waals surface area contributed by atoms with E-state index in [4.69, 9.17) is 4.74 Å². The Morgan fingerprint density at radius 3 is 2.44 bits per heavy atom. The number of benzene rings is 1. The number of ether oxygens (including phenoxy) is 1. The Balaban J connectivity index is 2.76. The fourth-order valence-electron chi connectivity index (χ4n) is 2.00. The molecule has 0 unspecified atom stereocenters. The molecule has 1 aromatic rings. The van der Waals surface area contributed by atoms with Crippen molar-refractivity contribution < 1.29 is 4.74 Å². The summed E-state index contributed by atoms with van der Waals surface area (Å²) in [6, 6.07) is 6.85. The zero-order chi connectivity index (χ0) is 13.8. The van der Waals surface area contributed by atoms with Gasteiger partial charge in [0.1, 0.15) is 0 Å². The molecule has 18 heavy (non-hydrogen) atoms. The molecule has 1 rings (SSSR count). The minimum Gasteiger partial charge on any atom is -0.369 e. The Labute approximate surface area is 112 Å². The molecule has 0 aliphatic carbocycles. The molecule has 0 saturated heterocycles. The smallest absolute Gasteiger partial charge is 0.0984 e. The van der Waals surface area contributed by atoms with E-state index in [1.807, 2.05) is 0 Å². The van der Waals surface area contributed by atoms with Gasteiger partial charge in [-0.3, -0.25) is 4.90 Å². The number of hydrogen-bond acceptors (Lipinski definition) is 2. The first-order valence-corrected chi connectivity index (χ1v) is 6.62. The van der Waals surface area contributed by atoms with Crippen molar-refractivity contribution in [2.75, 3.05) is 27.4 Å². The number of rotatable bonds is 5. The molecule has 2 heteroatoms. The number of aryl methyl sites for hydroxylation is 1. The van der Waals surface area contributed by atoms with Crippen LogP contribution >= 0.6 is 0 Å². The average Bonchev–Trinajstić information content (AvgIpc) is 2.26. The quantitative estimate of drug-likeness (QED) is 0.742. The van der Waals surface area contributed by atoms with Crippen LogP contribution in [0.15, 0.2) is 18.2 Å². The van der Waals surface area contributed by atoms with E-state index in [-0.39, 0.29) is 5.41 Å². The van der Waals surface area contributed by atoms with Gasteiger partial charge in [-0.25, -0.2) is 0 Å². The van der Waals surface area contributed by atoms with Gasteiger partial charge in [-0.15, -0.1) is 0 Å². The highest BCUT2D eigenvalue weighted by Gasteiger charge is 2.14. The average molecular weight is 249 g/mol. The van der Waals surface area contributed by atoms with E-state index in [0.717, 1.165) is 13.0 Å². The van der Waals surface area contributed by atoms with Gasteiger partial charge in [-0.2, -0.15) is 0 Å². The minimum absolute atomic E-state index is 0.223. The number of hydrogen-bond donors (Lipinski definition) is 0. The molecule has 0 atom stereocenters. The summed E-state index contributed by atoms with van der Waals surface area (Å²) in [4.78, 5) is 2.20. The maximum absolute atomic E-state index is 5.13. The molecule has 0 bridgehead atoms. The molecule has 0 saturated carbocycles. The molecule has 102 valence electrons. The van der Waals surface area contributed by atoms with Crippen LogP contribution < -0.4 is 0 Å². The molecule has 0 aliphatic rings. The molecular formula is C16H27NO. The van der Waals surface area contributed by atoms with Crippen molar-refractivity contribution in [3.05, 3.63) is 34.9 Å². The summed E-state index contributed by atoms with van der Waals surface area (Å²) in [7, 11) is 3.83. The van der Waals surface area contributed by atoms with Gasteiger partial charge in [-0.05, 0) is 42.5 Å². The Hall–Kier alpha value is -0.860. The summed E-state index contributed by atoms with van der Waals surface area (Å²) in [6.45, 7) is 10.7. The normalized spacial score (nSPS) is 12.2. The summed E-state index contributed by atoms with van der Waals surface area (Å²) in [5.74, 6) is 0. The number of nitrogens with zero attached hydrogens (tertiary/aromatic N) is 1. The van der Waals surface area contributed by atoms with Crippen molar-refractivity contribution in [3.8, 4) is 0 Å². The van der Waals surface area contributed by atoms with Crippen LogP contribution in [-0.4, -0.2) is 32.3 Å². The summed E-state index contributed by atoms with van der Waals surface area (Å²) >= 11 is 0. The maximum Gasteiger partial charge on any atom is 0.0984 e. The monoisotopic (exact) mass is 249 g/mol. The fourth-order valence-corrected chi connectivity index (χ4v) is 2.00. The summed E-state index contributed by atoms with van der Waals surface area (Å²) < 4.78 is 5.13. The van der Waals surface area contributed by atoms with Crippen molar-refractivity contribution in [1.29, 1.82) is 0 Å². The second-order valence-corrected chi connectivity index (χ2v) is 6.14. The molecule has 1 aromatic carbocycles. The summed E-state index contributed by atoms with van der Waals surface area (Å²) in [5.41, 5.74) is 4.47. The van der Waals surface area contributed by atoms with Gasteiger partial charge in [-0.1, -0.05) is 39.0 Å². The van der Waals surface area contributed by atoms with Crippen LogP contribution in [0.1, 0.15) is 37.5 Å². The lowest BCUT2D eigenvalue weighted by Gasteiger charge is -2.22. The lowest BCUT2D eigenvalue weighted by Crippen LogP contribution is -2.23. The van der Waals surface area contributed by atoms with Crippen molar-refractivity contribution >= 4 is 0 Å².